The van der Waals surface area contributed by atoms with Crippen LogP contribution in [0, 0.1) is 13.8 Å². The first-order chi connectivity index (χ1) is 13.5. The molecule has 3 aromatic rings. The Morgan fingerprint density at radius 3 is 2.75 bits per heavy atom. The summed E-state index contributed by atoms with van der Waals surface area (Å²) in [7, 11) is 0. The van der Waals surface area contributed by atoms with Gasteiger partial charge in [-0.15, -0.1) is 0 Å². The largest absolute Gasteiger partial charge is 0.336 e. The number of aromatic amines is 1. The highest BCUT2D eigenvalue weighted by Crippen LogP contribution is 2.19. The number of hydrogen-bond donors (Lipinski definition) is 1. The minimum atomic E-state index is -0.173. The van der Waals surface area contributed by atoms with Gasteiger partial charge >= 0.3 is 0 Å². The van der Waals surface area contributed by atoms with Crippen LogP contribution in [0.1, 0.15) is 28.1 Å². The predicted octanol–water partition coefficient (Wildman–Crippen LogP) is 1.97. The van der Waals surface area contributed by atoms with Crippen molar-refractivity contribution in [1.82, 2.24) is 24.8 Å². The average molecular weight is 375 g/mol. The molecule has 1 aromatic carbocycles. The van der Waals surface area contributed by atoms with E-state index in [1.807, 2.05) is 38.1 Å². The highest BCUT2D eigenvalue weighted by atomic mass is 16.2. The first kappa shape index (κ1) is 18.0. The zero-order chi connectivity index (χ0) is 19.7. The van der Waals surface area contributed by atoms with Crippen LogP contribution in [0.15, 0.2) is 41.5 Å². The molecule has 0 spiro atoms. The number of benzene rings is 1. The van der Waals surface area contributed by atoms with Gasteiger partial charge in [0.15, 0.2) is 5.82 Å². The molecule has 0 radical (unpaired) electrons. The minimum absolute atomic E-state index is 0.0405. The molecule has 0 aliphatic carbocycles. The van der Waals surface area contributed by atoms with E-state index in [0.717, 1.165) is 16.8 Å². The van der Waals surface area contributed by atoms with Crippen molar-refractivity contribution in [3.63, 3.8) is 0 Å². The Labute approximate surface area is 162 Å². The summed E-state index contributed by atoms with van der Waals surface area (Å²) in [4.78, 5) is 42.9. The number of aryl methyl sites for hydroxylation is 2. The zero-order valence-corrected chi connectivity index (χ0v) is 15.9. The minimum Gasteiger partial charge on any atom is -0.336 e. The molecule has 7 nitrogen and oxygen atoms in total. The molecule has 7 heteroatoms. The molecule has 4 rings (SSSR count). The fourth-order valence-electron chi connectivity index (χ4n) is 3.37. The van der Waals surface area contributed by atoms with Gasteiger partial charge in [0.1, 0.15) is 5.69 Å². The molecular formula is C21H21N5O2. The number of carbonyl (C=O) groups is 1. The Hall–Kier alpha value is -3.35. The maximum Gasteiger partial charge on any atom is 0.254 e. The maximum absolute atomic E-state index is 12.8. The SMILES string of the molecule is Cc1cnc(-c2nc3c(c(=O)[nH]2)CCN(C(=O)Cc2ccccc2C)C3)cn1. The van der Waals surface area contributed by atoms with Crippen molar-refractivity contribution in [2.75, 3.05) is 6.54 Å². The number of amides is 1. The summed E-state index contributed by atoms with van der Waals surface area (Å²) in [6.45, 7) is 4.70. The summed E-state index contributed by atoms with van der Waals surface area (Å²) >= 11 is 0. The molecule has 0 saturated carbocycles. The Morgan fingerprint density at radius 1 is 1.18 bits per heavy atom. The average Bonchev–Trinajstić information content (AvgIpc) is 2.69. The second kappa shape index (κ2) is 7.34. The number of aromatic nitrogens is 4. The molecule has 142 valence electrons. The third-order valence-corrected chi connectivity index (χ3v) is 5.05. The van der Waals surface area contributed by atoms with Crippen molar-refractivity contribution >= 4 is 5.91 Å². The quantitative estimate of drug-likeness (QED) is 0.756. The fourth-order valence-corrected chi connectivity index (χ4v) is 3.37. The van der Waals surface area contributed by atoms with Crippen LogP contribution in [-0.2, 0) is 24.2 Å². The van der Waals surface area contributed by atoms with Crippen molar-refractivity contribution in [1.29, 1.82) is 0 Å². The standard InChI is InChI=1S/C21H21N5O2/c1-13-5-3-4-6-15(13)9-19(27)26-8-7-16-18(12-26)24-20(25-21(16)28)17-11-22-14(2)10-23-17/h3-6,10-11H,7-9,12H2,1-2H3,(H,24,25,28). The topological polar surface area (TPSA) is 91.8 Å². The van der Waals surface area contributed by atoms with Crippen LogP contribution < -0.4 is 5.56 Å². The van der Waals surface area contributed by atoms with Crippen molar-refractivity contribution in [3.8, 4) is 11.5 Å². The van der Waals surface area contributed by atoms with Crippen LogP contribution in [0.4, 0.5) is 0 Å². The van der Waals surface area contributed by atoms with Gasteiger partial charge in [0.25, 0.3) is 5.56 Å². The van der Waals surface area contributed by atoms with E-state index in [9.17, 15) is 9.59 Å². The van der Waals surface area contributed by atoms with E-state index < -0.39 is 0 Å². The Kier molecular flexibility index (Phi) is 4.73. The van der Waals surface area contributed by atoms with Crippen LogP contribution in [0.5, 0.6) is 0 Å². The molecule has 1 aliphatic heterocycles. The van der Waals surface area contributed by atoms with E-state index in [1.54, 1.807) is 17.3 Å². The summed E-state index contributed by atoms with van der Waals surface area (Å²) in [6, 6.07) is 7.88. The smallest absolute Gasteiger partial charge is 0.254 e. The Bertz CT molecular complexity index is 1090. The summed E-state index contributed by atoms with van der Waals surface area (Å²) in [6.07, 6.45) is 4.06. The molecule has 2 aromatic heterocycles. The third-order valence-electron chi connectivity index (χ3n) is 5.05. The van der Waals surface area contributed by atoms with Crippen LogP contribution in [0.2, 0.25) is 0 Å². The van der Waals surface area contributed by atoms with E-state index in [2.05, 4.69) is 19.9 Å². The van der Waals surface area contributed by atoms with Crippen molar-refractivity contribution in [2.45, 2.75) is 33.2 Å². The number of fused-ring (bicyclic) bond motifs is 1. The van der Waals surface area contributed by atoms with E-state index in [-0.39, 0.29) is 11.5 Å². The lowest BCUT2D eigenvalue weighted by atomic mass is 10.0. The summed E-state index contributed by atoms with van der Waals surface area (Å²) in [5, 5.41) is 0. The molecule has 1 amide bonds. The molecular weight excluding hydrogens is 354 g/mol. The van der Waals surface area contributed by atoms with Crippen LogP contribution in [0.25, 0.3) is 11.5 Å². The molecule has 0 atom stereocenters. The molecule has 0 unspecified atom stereocenters. The van der Waals surface area contributed by atoms with Gasteiger partial charge in [0, 0.05) is 18.3 Å². The molecule has 0 bridgehead atoms. The van der Waals surface area contributed by atoms with Gasteiger partial charge in [-0.3, -0.25) is 14.6 Å². The van der Waals surface area contributed by atoms with E-state index >= 15 is 0 Å². The van der Waals surface area contributed by atoms with Gasteiger partial charge in [-0.2, -0.15) is 0 Å². The molecule has 1 N–H and O–H groups in total. The molecule has 3 heterocycles. The van der Waals surface area contributed by atoms with E-state index in [0.29, 0.717) is 48.7 Å². The number of nitrogens with zero attached hydrogens (tertiary/aromatic N) is 4. The number of carbonyl (C=O) groups excluding carboxylic acids is 1. The van der Waals surface area contributed by atoms with E-state index in [4.69, 9.17) is 0 Å². The maximum atomic E-state index is 12.8. The number of hydrogen-bond acceptors (Lipinski definition) is 5. The molecule has 0 fully saturated rings. The normalized spacial score (nSPS) is 13.3. The number of rotatable bonds is 3. The fraction of sp³-hybridized carbons (Fsp3) is 0.286. The van der Waals surface area contributed by atoms with E-state index in [1.165, 1.54) is 0 Å². The van der Waals surface area contributed by atoms with Crippen molar-refractivity contribution in [3.05, 3.63) is 75.1 Å². The van der Waals surface area contributed by atoms with Gasteiger partial charge in [-0.05, 0) is 31.4 Å². The summed E-state index contributed by atoms with van der Waals surface area (Å²) < 4.78 is 0. The van der Waals surface area contributed by atoms with Gasteiger partial charge in [0.05, 0.1) is 30.6 Å². The first-order valence-electron chi connectivity index (χ1n) is 9.24. The van der Waals surface area contributed by atoms with Gasteiger partial charge < -0.3 is 9.88 Å². The van der Waals surface area contributed by atoms with Crippen LogP contribution >= 0.6 is 0 Å². The zero-order valence-electron chi connectivity index (χ0n) is 15.9. The molecule has 28 heavy (non-hydrogen) atoms. The van der Waals surface area contributed by atoms with Gasteiger partial charge in [0.2, 0.25) is 5.91 Å². The van der Waals surface area contributed by atoms with Crippen molar-refractivity contribution in [2.24, 2.45) is 0 Å². The third kappa shape index (κ3) is 3.55. The van der Waals surface area contributed by atoms with Gasteiger partial charge in [-0.25, -0.2) is 9.97 Å². The highest BCUT2D eigenvalue weighted by molar-refractivity contribution is 5.79. The predicted molar refractivity (Wildman–Crippen MR) is 105 cm³/mol. The molecule has 0 saturated heterocycles. The lowest BCUT2D eigenvalue weighted by Crippen LogP contribution is -2.40. The first-order valence-corrected chi connectivity index (χ1v) is 9.24. The lowest BCUT2D eigenvalue weighted by molar-refractivity contribution is -0.131. The lowest BCUT2D eigenvalue weighted by Gasteiger charge is -2.28. The second-order valence-electron chi connectivity index (χ2n) is 7.05. The number of nitrogens with one attached hydrogen (secondary N) is 1. The Balaban J connectivity index is 1.59. The van der Waals surface area contributed by atoms with Crippen LogP contribution in [0.3, 0.4) is 0 Å². The summed E-state index contributed by atoms with van der Waals surface area (Å²) in [5.74, 6) is 0.420. The Morgan fingerprint density at radius 2 is 2.00 bits per heavy atom. The second-order valence-corrected chi connectivity index (χ2v) is 7.05. The summed E-state index contributed by atoms with van der Waals surface area (Å²) in [5.41, 5.74) is 4.52. The monoisotopic (exact) mass is 375 g/mol. The highest BCUT2D eigenvalue weighted by Gasteiger charge is 2.25. The van der Waals surface area contributed by atoms with Crippen molar-refractivity contribution < 1.29 is 4.79 Å². The van der Waals surface area contributed by atoms with Gasteiger partial charge in [-0.1, -0.05) is 24.3 Å². The van der Waals surface area contributed by atoms with Crippen LogP contribution in [-0.4, -0.2) is 37.3 Å². The molecule has 1 aliphatic rings. The number of H-pyrrole nitrogens is 1.